The molecule has 66 valence electrons. The summed E-state index contributed by atoms with van der Waals surface area (Å²) >= 11 is 1.66. The maximum atomic E-state index is 4.01. The zero-order valence-electron chi connectivity index (χ0n) is 7.66. The van der Waals surface area contributed by atoms with Gasteiger partial charge < -0.3 is 5.32 Å². The second-order valence-corrected chi connectivity index (χ2v) is 3.72. The summed E-state index contributed by atoms with van der Waals surface area (Å²) in [5, 5.41) is 3.19. The number of hydrogen-bond acceptors (Lipinski definition) is 3. The predicted molar refractivity (Wildman–Crippen MR) is 54.3 cm³/mol. The third kappa shape index (κ3) is 2.43. The van der Waals surface area contributed by atoms with Crippen LogP contribution in [0.2, 0.25) is 0 Å². The van der Waals surface area contributed by atoms with Gasteiger partial charge in [-0.3, -0.25) is 4.98 Å². The summed E-state index contributed by atoms with van der Waals surface area (Å²) < 4.78 is 0. The molecule has 0 bridgehead atoms. The van der Waals surface area contributed by atoms with E-state index in [-0.39, 0.29) is 0 Å². The van der Waals surface area contributed by atoms with E-state index in [0.717, 1.165) is 0 Å². The molecule has 1 rings (SSSR count). The molecule has 2 nitrogen and oxygen atoms in total. The lowest BCUT2D eigenvalue weighted by Gasteiger charge is -2.09. The van der Waals surface area contributed by atoms with Gasteiger partial charge in [-0.25, -0.2) is 0 Å². The summed E-state index contributed by atoms with van der Waals surface area (Å²) in [7, 11) is 1.97. The van der Waals surface area contributed by atoms with Crippen LogP contribution in [0.15, 0.2) is 17.3 Å². The van der Waals surface area contributed by atoms with Crippen molar-refractivity contribution in [3.8, 4) is 0 Å². The fraction of sp³-hybridized carbons (Fsp3) is 0.444. The number of aromatic nitrogens is 1. The van der Waals surface area contributed by atoms with Crippen molar-refractivity contribution in [1.29, 1.82) is 0 Å². The maximum absolute atomic E-state index is 4.01. The minimum absolute atomic E-state index is 0.437. The first-order valence-corrected chi connectivity index (χ1v) is 4.86. The van der Waals surface area contributed by atoms with Gasteiger partial charge in [-0.05, 0) is 27.0 Å². The molecule has 0 aliphatic rings. The molecule has 1 heterocycles. The van der Waals surface area contributed by atoms with Crippen molar-refractivity contribution >= 4 is 17.4 Å². The summed E-state index contributed by atoms with van der Waals surface area (Å²) in [4.78, 5) is 5.23. The first kappa shape index (κ1) is 9.42. The van der Waals surface area contributed by atoms with Gasteiger partial charge in [-0.1, -0.05) is 5.57 Å². The number of nitrogens with zero attached hydrogens (tertiary/aromatic N) is 1. The molecular formula is C9H14N2S. The molecule has 0 fully saturated rings. The van der Waals surface area contributed by atoms with Gasteiger partial charge in [0.1, 0.15) is 0 Å². The number of likely N-dealkylation sites (N-methyl/N-ethyl adjacent to an activating group) is 1. The van der Waals surface area contributed by atoms with Crippen LogP contribution in [0.5, 0.6) is 0 Å². The molecule has 0 aliphatic carbocycles. The second-order valence-electron chi connectivity index (χ2n) is 2.80. The first-order valence-electron chi connectivity index (χ1n) is 3.98. The quantitative estimate of drug-likeness (QED) is 0.774. The van der Waals surface area contributed by atoms with E-state index in [1.54, 1.807) is 11.3 Å². The maximum Gasteiger partial charge on any atom is 0.0797 e. The Morgan fingerprint density at radius 1 is 1.75 bits per heavy atom. The zero-order chi connectivity index (χ0) is 8.97. The molecule has 0 amide bonds. The Labute approximate surface area is 77.3 Å². The lowest BCUT2D eigenvalue weighted by Crippen LogP contribution is -2.21. The monoisotopic (exact) mass is 182 g/mol. The van der Waals surface area contributed by atoms with Crippen molar-refractivity contribution in [3.63, 3.8) is 0 Å². The highest BCUT2D eigenvalue weighted by molar-refractivity contribution is 7.10. The van der Waals surface area contributed by atoms with Crippen molar-refractivity contribution < 1.29 is 0 Å². The van der Waals surface area contributed by atoms with Crippen LogP contribution in [-0.2, 0) is 0 Å². The molecule has 0 saturated heterocycles. The summed E-state index contributed by atoms with van der Waals surface area (Å²) in [6.45, 7) is 4.27. The fourth-order valence-electron chi connectivity index (χ4n) is 0.874. The van der Waals surface area contributed by atoms with Crippen molar-refractivity contribution in [2.45, 2.75) is 19.9 Å². The molecule has 0 aromatic carbocycles. The molecule has 0 radical (unpaired) electrons. The molecule has 1 N–H and O–H groups in total. The van der Waals surface area contributed by atoms with Crippen LogP contribution in [0.1, 0.15) is 18.7 Å². The molecule has 12 heavy (non-hydrogen) atoms. The highest BCUT2D eigenvalue weighted by atomic mass is 32.1. The highest BCUT2D eigenvalue weighted by Gasteiger charge is 2.00. The molecule has 0 saturated carbocycles. The van der Waals surface area contributed by atoms with Crippen LogP contribution in [0.3, 0.4) is 0 Å². The molecule has 0 aliphatic heterocycles. The molecule has 0 spiro atoms. The Hall–Kier alpha value is -0.670. The Morgan fingerprint density at radius 2 is 2.50 bits per heavy atom. The number of rotatable bonds is 3. The SMILES string of the molecule is CNC(C)C(C)=Cc1cncs1. The fourth-order valence-corrected chi connectivity index (χ4v) is 1.49. The van der Waals surface area contributed by atoms with Crippen LogP contribution in [0.25, 0.3) is 6.08 Å². The van der Waals surface area contributed by atoms with Gasteiger partial charge in [-0.15, -0.1) is 11.3 Å². The van der Waals surface area contributed by atoms with Crippen LogP contribution in [0, 0.1) is 0 Å². The average Bonchev–Trinajstić information content (AvgIpc) is 2.55. The Kier molecular flexibility index (Phi) is 3.44. The van der Waals surface area contributed by atoms with Gasteiger partial charge in [0, 0.05) is 17.1 Å². The van der Waals surface area contributed by atoms with E-state index in [2.05, 4.69) is 30.2 Å². The van der Waals surface area contributed by atoms with Gasteiger partial charge in [0.25, 0.3) is 0 Å². The number of thiazole rings is 1. The smallest absolute Gasteiger partial charge is 0.0797 e. The average molecular weight is 182 g/mol. The van der Waals surface area contributed by atoms with Crippen molar-refractivity contribution in [1.82, 2.24) is 10.3 Å². The second kappa shape index (κ2) is 4.38. The number of hydrogen-bond donors (Lipinski definition) is 1. The van der Waals surface area contributed by atoms with E-state index < -0.39 is 0 Å². The molecule has 3 heteroatoms. The third-order valence-electron chi connectivity index (χ3n) is 1.94. The molecule has 1 aromatic rings. The van der Waals surface area contributed by atoms with E-state index in [1.165, 1.54) is 10.5 Å². The van der Waals surface area contributed by atoms with Gasteiger partial charge >= 0.3 is 0 Å². The Bertz CT molecular complexity index is 252. The van der Waals surface area contributed by atoms with Crippen LogP contribution >= 0.6 is 11.3 Å². The highest BCUT2D eigenvalue weighted by Crippen LogP contribution is 2.12. The Morgan fingerprint density at radius 3 is 3.00 bits per heavy atom. The van der Waals surface area contributed by atoms with Gasteiger partial charge in [-0.2, -0.15) is 0 Å². The van der Waals surface area contributed by atoms with Gasteiger partial charge in [0.05, 0.1) is 5.51 Å². The van der Waals surface area contributed by atoms with E-state index in [9.17, 15) is 0 Å². The standard InChI is InChI=1S/C9H14N2S/c1-7(8(2)10-3)4-9-5-11-6-12-9/h4-6,8,10H,1-3H3. The van der Waals surface area contributed by atoms with Gasteiger partial charge in [0.2, 0.25) is 0 Å². The van der Waals surface area contributed by atoms with Crippen molar-refractivity contribution in [3.05, 3.63) is 22.2 Å². The van der Waals surface area contributed by atoms with Crippen molar-refractivity contribution in [2.75, 3.05) is 7.05 Å². The molecule has 1 atom stereocenters. The third-order valence-corrected chi connectivity index (χ3v) is 2.66. The van der Waals surface area contributed by atoms with E-state index >= 15 is 0 Å². The minimum Gasteiger partial charge on any atom is -0.314 e. The number of nitrogens with one attached hydrogen (secondary N) is 1. The topological polar surface area (TPSA) is 24.9 Å². The van der Waals surface area contributed by atoms with E-state index in [4.69, 9.17) is 0 Å². The van der Waals surface area contributed by atoms with Crippen LogP contribution in [-0.4, -0.2) is 18.1 Å². The van der Waals surface area contributed by atoms with Gasteiger partial charge in [0.15, 0.2) is 0 Å². The van der Waals surface area contributed by atoms with Crippen LogP contribution in [0.4, 0.5) is 0 Å². The predicted octanol–water partition coefficient (Wildman–Crippen LogP) is 2.15. The van der Waals surface area contributed by atoms with Crippen molar-refractivity contribution in [2.24, 2.45) is 0 Å². The lowest BCUT2D eigenvalue weighted by molar-refractivity contribution is 0.696. The summed E-state index contributed by atoms with van der Waals surface area (Å²) in [6, 6.07) is 0.437. The largest absolute Gasteiger partial charge is 0.314 e. The lowest BCUT2D eigenvalue weighted by atomic mass is 10.1. The summed E-state index contributed by atoms with van der Waals surface area (Å²) in [6.07, 6.45) is 4.05. The minimum atomic E-state index is 0.437. The van der Waals surface area contributed by atoms with E-state index in [1.807, 2.05) is 18.8 Å². The molecule has 1 aromatic heterocycles. The van der Waals surface area contributed by atoms with E-state index in [0.29, 0.717) is 6.04 Å². The zero-order valence-corrected chi connectivity index (χ0v) is 8.48. The first-order chi connectivity index (χ1) is 5.74. The normalized spacial score (nSPS) is 14.8. The summed E-state index contributed by atoms with van der Waals surface area (Å²) in [5.74, 6) is 0. The molecular weight excluding hydrogens is 168 g/mol. The summed E-state index contributed by atoms with van der Waals surface area (Å²) in [5.41, 5.74) is 3.19. The molecule has 1 unspecified atom stereocenters. The van der Waals surface area contributed by atoms with Crippen LogP contribution < -0.4 is 5.32 Å². The Balaban J connectivity index is 2.69.